The van der Waals surface area contributed by atoms with E-state index in [2.05, 4.69) is 25.8 Å². The molecule has 3 aromatic rings. The molecule has 0 spiro atoms. The molecule has 2 aromatic heterocycles. The molecule has 1 aromatic carbocycles. The maximum atomic E-state index is 5.81. The number of hydrogen-bond acceptors (Lipinski definition) is 6. The minimum Gasteiger partial charge on any atom is -0.380 e. The van der Waals surface area contributed by atoms with E-state index < -0.39 is 0 Å². The van der Waals surface area contributed by atoms with Gasteiger partial charge in [-0.2, -0.15) is 4.68 Å². The van der Waals surface area contributed by atoms with Crippen LogP contribution in [-0.4, -0.2) is 25.2 Å². The third kappa shape index (κ3) is 2.78. The topological polar surface area (TPSA) is 68.5 Å². The summed E-state index contributed by atoms with van der Waals surface area (Å²) in [5.74, 6) is 0.747. The Labute approximate surface area is 124 Å². The van der Waals surface area contributed by atoms with Gasteiger partial charge >= 0.3 is 0 Å². The van der Waals surface area contributed by atoms with Crippen molar-refractivity contribution >= 4 is 28.6 Å². The molecule has 3 rings (SSSR count). The van der Waals surface area contributed by atoms with E-state index in [9.17, 15) is 0 Å². The first kappa shape index (κ1) is 13.0. The van der Waals surface area contributed by atoms with Crippen molar-refractivity contribution in [2.24, 2.45) is 0 Å². The molecule has 0 bridgehead atoms. The molecule has 8 heteroatoms. The molecule has 0 unspecified atom stereocenters. The third-order valence-electron chi connectivity index (χ3n) is 2.71. The second-order valence-corrected chi connectivity index (χ2v) is 5.82. The molecule has 0 fully saturated rings. The van der Waals surface area contributed by atoms with Gasteiger partial charge in [0.25, 0.3) is 0 Å². The lowest BCUT2D eigenvalue weighted by Crippen LogP contribution is -2.02. The van der Waals surface area contributed by atoms with E-state index in [1.807, 2.05) is 31.2 Å². The monoisotopic (exact) mass is 306 g/mol. The van der Waals surface area contributed by atoms with Crippen molar-refractivity contribution in [1.29, 1.82) is 0 Å². The van der Waals surface area contributed by atoms with Crippen LogP contribution in [0.3, 0.4) is 0 Å². The molecule has 0 aliphatic rings. The molecule has 0 aliphatic heterocycles. The normalized spacial score (nSPS) is 10.7. The fourth-order valence-corrected chi connectivity index (χ4v) is 2.69. The zero-order valence-corrected chi connectivity index (χ0v) is 12.2. The fourth-order valence-electron chi connectivity index (χ4n) is 1.77. The Balaban J connectivity index is 1.76. The lowest BCUT2D eigenvalue weighted by Gasteiger charge is -2.07. The first-order chi connectivity index (χ1) is 9.72. The molecule has 0 aliphatic carbocycles. The summed E-state index contributed by atoms with van der Waals surface area (Å²) in [6, 6.07) is 7.90. The molecule has 20 heavy (non-hydrogen) atoms. The zero-order chi connectivity index (χ0) is 13.9. The average molecular weight is 307 g/mol. The highest BCUT2D eigenvalue weighted by Crippen LogP contribution is 2.20. The van der Waals surface area contributed by atoms with Gasteiger partial charge in [0, 0.05) is 16.8 Å². The van der Waals surface area contributed by atoms with Gasteiger partial charge in [-0.25, -0.2) is 4.98 Å². The van der Waals surface area contributed by atoms with Gasteiger partial charge in [0.2, 0.25) is 0 Å². The Bertz CT molecular complexity index is 722. The fraction of sp³-hybridized carbons (Fsp3) is 0.167. The summed E-state index contributed by atoms with van der Waals surface area (Å²) in [4.78, 5) is 5.09. The highest BCUT2D eigenvalue weighted by molar-refractivity contribution is 7.15. The van der Waals surface area contributed by atoms with Gasteiger partial charge in [-0.15, -0.1) is 16.4 Å². The Morgan fingerprint density at radius 2 is 2.30 bits per heavy atom. The molecule has 0 radical (unpaired) electrons. The number of hydrogen-bond donors (Lipinski definition) is 1. The number of tetrazole rings is 1. The Kier molecular flexibility index (Phi) is 3.62. The summed E-state index contributed by atoms with van der Waals surface area (Å²) in [5.41, 5.74) is 1.90. The average Bonchev–Trinajstić information content (AvgIpc) is 3.05. The van der Waals surface area contributed by atoms with Crippen molar-refractivity contribution in [2.75, 3.05) is 5.32 Å². The smallest absolute Gasteiger partial charge is 0.183 e. The van der Waals surface area contributed by atoms with E-state index in [-0.39, 0.29) is 0 Å². The Hall–Kier alpha value is -1.99. The van der Waals surface area contributed by atoms with Crippen LogP contribution in [0.15, 0.2) is 30.5 Å². The molecule has 0 atom stereocenters. The first-order valence-corrected chi connectivity index (χ1v) is 7.11. The summed E-state index contributed by atoms with van der Waals surface area (Å²) >= 11 is 7.27. The van der Waals surface area contributed by atoms with E-state index >= 15 is 0 Å². The van der Waals surface area contributed by atoms with Crippen LogP contribution in [0.1, 0.15) is 10.7 Å². The summed E-state index contributed by atoms with van der Waals surface area (Å²) < 4.78 is 2.24. The number of aryl methyl sites for hydroxylation is 1. The molecule has 6 nitrogen and oxygen atoms in total. The largest absolute Gasteiger partial charge is 0.380 e. The van der Waals surface area contributed by atoms with Gasteiger partial charge in [-0.3, -0.25) is 0 Å². The predicted octanol–water partition coefficient (Wildman–Crippen LogP) is 2.69. The van der Waals surface area contributed by atoms with E-state index in [1.165, 1.54) is 11.3 Å². The third-order valence-corrected chi connectivity index (χ3v) is 3.82. The van der Waals surface area contributed by atoms with Crippen LogP contribution in [0.4, 0.5) is 5.69 Å². The molecule has 0 saturated heterocycles. The van der Waals surface area contributed by atoms with Crippen molar-refractivity contribution in [2.45, 2.75) is 13.5 Å². The van der Waals surface area contributed by atoms with Crippen LogP contribution < -0.4 is 5.32 Å². The summed E-state index contributed by atoms with van der Waals surface area (Å²) in [5, 5.41) is 14.8. The minimum absolute atomic E-state index is 0.555. The molecular formula is C12H11ClN6S. The Morgan fingerprint density at radius 3 is 3.00 bits per heavy atom. The van der Waals surface area contributed by atoms with Gasteiger partial charge < -0.3 is 5.32 Å². The second kappa shape index (κ2) is 5.56. The molecule has 2 heterocycles. The maximum absolute atomic E-state index is 5.81. The summed E-state index contributed by atoms with van der Waals surface area (Å²) in [6.45, 7) is 2.54. The van der Waals surface area contributed by atoms with E-state index in [0.29, 0.717) is 11.0 Å². The lowest BCUT2D eigenvalue weighted by atomic mass is 10.2. The SMILES string of the molecule is Cc1nnnn1-c1cccc(NCc2cnc(Cl)s2)c1. The van der Waals surface area contributed by atoms with Crippen molar-refractivity contribution < 1.29 is 0 Å². The number of nitrogens with one attached hydrogen (secondary N) is 1. The number of aromatic nitrogens is 5. The summed E-state index contributed by atoms with van der Waals surface area (Å²) in [6.07, 6.45) is 1.77. The number of halogens is 1. The lowest BCUT2D eigenvalue weighted by molar-refractivity contribution is 0.779. The molecular weight excluding hydrogens is 296 g/mol. The van der Waals surface area contributed by atoms with Crippen molar-refractivity contribution in [3.63, 3.8) is 0 Å². The van der Waals surface area contributed by atoms with Gasteiger partial charge in [0.05, 0.1) is 12.2 Å². The van der Waals surface area contributed by atoms with Crippen molar-refractivity contribution in [3.8, 4) is 5.69 Å². The van der Waals surface area contributed by atoms with E-state index in [1.54, 1.807) is 10.9 Å². The van der Waals surface area contributed by atoms with Crippen LogP contribution >= 0.6 is 22.9 Å². The highest BCUT2D eigenvalue weighted by atomic mass is 35.5. The predicted molar refractivity (Wildman–Crippen MR) is 78.3 cm³/mol. The van der Waals surface area contributed by atoms with E-state index in [4.69, 9.17) is 11.6 Å². The number of anilines is 1. The van der Waals surface area contributed by atoms with Crippen LogP contribution in [0.25, 0.3) is 5.69 Å². The number of nitrogens with zero attached hydrogens (tertiary/aromatic N) is 5. The second-order valence-electron chi connectivity index (χ2n) is 4.12. The molecule has 102 valence electrons. The van der Waals surface area contributed by atoms with Gasteiger partial charge in [0.1, 0.15) is 0 Å². The number of benzene rings is 1. The molecule has 0 saturated carbocycles. The Morgan fingerprint density at radius 1 is 1.40 bits per heavy atom. The van der Waals surface area contributed by atoms with Crippen molar-refractivity contribution in [3.05, 3.63) is 45.6 Å². The first-order valence-electron chi connectivity index (χ1n) is 5.92. The van der Waals surface area contributed by atoms with E-state index in [0.717, 1.165) is 22.1 Å². The van der Waals surface area contributed by atoms with Crippen LogP contribution in [0, 0.1) is 6.92 Å². The van der Waals surface area contributed by atoms with Crippen LogP contribution in [0.5, 0.6) is 0 Å². The number of rotatable bonds is 4. The van der Waals surface area contributed by atoms with Crippen LogP contribution in [-0.2, 0) is 6.54 Å². The maximum Gasteiger partial charge on any atom is 0.183 e. The quantitative estimate of drug-likeness (QED) is 0.802. The summed E-state index contributed by atoms with van der Waals surface area (Å²) in [7, 11) is 0. The minimum atomic E-state index is 0.555. The van der Waals surface area contributed by atoms with Crippen LogP contribution in [0.2, 0.25) is 4.47 Å². The molecule has 0 amide bonds. The highest BCUT2D eigenvalue weighted by Gasteiger charge is 2.04. The van der Waals surface area contributed by atoms with Gasteiger partial charge in [0.15, 0.2) is 10.3 Å². The standard InChI is InChI=1S/C12H11ClN6S/c1-8-16-17-18-19(8)10-4-2-3-9(5-10)14-6-11-7-15-12(13)20-11/h2-5,7,14H,6H2,1H3. The zero-order valence-electron chi connectivity index (χ0n) is 10.6. The molecule has 1 N–H and O–H groups in total. The van der Waals surface area contributed by atoms with Crippen molar-refractivity contribution in [1.82, 2.24) is 25.2 Å². The number of thiazole rings is 1. The van der Waals surface area contributed by atoms with Gasteiger partial charge in [-0.05, 0) is 35.5 Å². The van der Waals surface area contributed by atoms with Gasteiger partial charge in [-0.1, -0.05) is 17.7 Å².